The summed E-state index contributed by atoms with van der Waals surface area (Å²) in [6, 6.07) is 11.0. The molecule has 2 aromatic rings. The van der Waals surface area contributed by atoms with E-state index in [4.69, 9.17) is 16.3 Å². The lowest BCUT2D eigenvalue weighted by Gasteiger charge is -2.04. The molecule has 0 aliphatic heterocycles. The van der Waals surface area contributed by atoms with E-state index in [1.54, 1.807) is 0 Å². The van der Waals surface area contributed by atoms with Gasteiger partial charge in [0, 0.05) is 11.6 Å². The topological polar surface area (TPSA) is 43.4 Å². The van der Waals surface area contributed by atoms with Gasteiger partial charge in [0.15, 0.2) is 0 Å². The van der Waals surface area contributed by atoms with E-state index in [9.17, 15) is 14.0 Å². The Balaban J connectivity index is 2.20. The molecular weight excluding hydrogens is 271 g/mol. The first kappa shape index (κ1) is 13.2. The Morgan fingerprint density at radius 1 is 1.00 bits per heavy atom. The Morgan fingerprint density at radius 3 is 2.37 bits per heavy atom. The summed E-state index contributed by atoms with van der Waals surface area (Å²) in [6.07, 6.45) is 0. The van der Waals surface area contributed by atoms with E-state index in [1.807, 2.05) is 0 Å². The maximum atomic E-state index is 12.9. The third kappa shape index (κ3) is 3.39. The number of rotatable bonds is 3. The van der Waals surface area contributed by atoms with Crippen LogP contribution in [0, 0.1) is 5.82 Å². The van der Waals surface area contributed by atoms with Gasteiger partial charge in [-0.2, -0.15) is 0 Å². The van der Waals surface area contributed by atoms with Crippen molar-refractivity contribution < 1.29 is 18.7 Å². The smallest absolute Gasteiger partial charge is 0.343 e. The highest BCUT2D eigenvalue weighted by Gasteiger charge is 2.11. The number of benzene rings is 2. The SMILES string of the molecule is O=C(Cl)c1cccc(C(=O)Oc2cccc(F)c2)c1. The summed E-state index contributed by atoms with van der Waals surface area (Å²) in [4.78, 5) is 22.8. The Morgan fingerprint density at radius 2 is 1.68 bits per heavy atom. The number of carbonyl (C=O) groups is 2. The Hall–Kier alpha value is -2.20. The lowest BCUT2D eigenvalue weighted by Crippen LogP contribution is -2.09. The summed E-state index contributed by atoms with van der Waals surface area (Å²) in [5.74, 6) is -1.10. The van der Waals surface area contributed by atoms with Crippen molar-refractivity contribution in [1.29, 1.82) is 0 Å². The highest BCUT2D eigenvalue weighted by molar-refractivity contribution is 6.67. The monoisotopic (exact) mass is 278 g/mol. The summed E-state index contributed by atoms with van der Waals surface area (Å²) in [5.41, 5.74) is 0.353. The second kappa shape index (κ2) is 5.63. The number of hydrogen-bond acceptors (Lipinski definition) is 3. The molecule has 0 radical (unpaired) electrons. The predicted molar refractivity (Wildman–Crippen MR) is 68.0 cm³/mol. The molecule has 0 spiro atoms. The molecule has 0 aromatic heterocycles. The van der Waals surface area contributed by atoms with E-state index in [-0.39, 0.29) is 16.9 Å². The lowest BCUT2D eigenvalue weighted by atomic mass is 10.1. The van der Waals surface area contributed by atoms with E-state index in [0.717, 1.165) is 6.07 Å². The van der Waals surface area contributed by atoms with Crippen LogP contribution in [0.2, 0.25) is 0 Å². The molecule has 96 valence electrons. The van der Waals surface area contributed by atoms with Gasteiger partial charge >= 0.3 is 5.97 Å². The normalized spacial score (nSPS) is 10.0. The number of halogens is 2. The average Bonchev–Trinajstić information content (AvgIpc) is 2.39. The first-order chi connectivity index (χ1) is 9.06. The summed E-state index contributed by atoms with van der Waals surface area (Å²) in [5, 5.41) is -0.666. The number of hydrogen-bond donors (Lipinski definition) is 0. The van der Waals surface area contributed by atoms with E-state index >= 15 is 0 Å². The van der Waals surface area contributed by atoms with E-state index < -0.39 is 17.0 Å². The second-order valence-electron chi connectivity index (χ2n) is 3.70. The summed E-state index contributed by atoms with van der Waals surface area (Å²) in [6.45, 7) is 0. The molecule has 2 rings (SSSR count). The standard InChI is InChI=1S/C14H8ClFO3/c15-13(17)9-3-1-4-10(7-9)14(18)19-12-6-2-5-11(16)8-12/h1-8H. The number of ether oxygens (including phenoxy) is 1. The van der Waals surface area contributed by atoms with Crippen LogP contribution < -0.4 is 4.74 Å². The third-order valence-electron chi connectivity index (χ3n) is 2.33. The van der Waals surface area contributed by atoms with Crippen LogP contribution in [0.25, 0.3) is 0 Å². The Labute approximate surface area is 113 Å². The highest BCUT2D eigenvalue weighted by atomic mass is 35.5. The zero-order valence-corrected chi connectivity index (χ0v) is 10.4. The van der Waals surface area contributed by atoms with Crippen LogP contribution in [-0.4, -0.2) is 11.2 Å². The molecular formula is C14H8ClFO3. The molecule has 0 N–H and O–H groups in total. The molecule has 0 saturated carbocycles. The molecule has 0 bridgehead atoms. The molecule has 2 aromatic carbocycles. The van der Waals surface area contributed by atoms with E-state index in [0.29, 0.717) is 0 Å². The summed E-state index contributed by atoms with van der Waals surface area (Å²) < 4.78 is 17.9. The molecule has 0 amide bonds. The quantitative estimate of drug-likeness (QED) is 0.491. The van der Waals surface area contributed by atoms with Gasteiger partial charge < -0.3 is 4.74 Å². The molecule has 0 heterocycles. The lowest BCUT2D eigenvalue weighted by molar-refractivity contribution is 0.0734. The zero-order valence-electron chi connectivity index (χ0n) is 9.60. The van der Waals surface area contributed by atoms with Crippen molar-refractivity contribution >= 4 is 22.8 Å². The Kier molecular flexibility index (Phi) is 3.92. The van der Waals surface area contributed by atoms with E-state index in [1.165, 1.54) is 42.5 Å². The fourth-order valence-corrected chi connectivity index (χ4v) is 1.58. The molecule has 0 atom stereocenters. The van der Waals surface area contributed by atoms with Crippen molar-refractivity contribution in [2.75, 3.05) is 0 Å². The van der Waals surface area contributed by atoms with Crippen molar-refractivity contribution in [1.82, 2.24) is 0 Å². The molecule has 0 saturated heterocycles. The maximum absolute atomic E-state index is 12.9. The number of esters is 1. The molecule has 19 heavy (non-hydrogen) atoms. The van der Waals surface area contributed by atoms with Gasteiger partial charge in [-0.15, -0.1) is 0 Å². The molecule has 0 fully saturated rings. The average molecular weight is 279 g/mol. The van der Waals surface area contributed by atoms with Crippen LogP contribution in [0.15, 0.2) is 48.5 Å². The molecule has 0 aliphatic rings. The van der Waals surface area contributed by atoms with Gasteiger partial charge in [0.2, 0.25) is 0 Å². The van der Waals surface area contributed by atoms with Gasteiger partial charge in [-0.3, -0.25) is 4.79 Å². The fourth-order valence-electron chi connectivity index (χ4n) is 1.46. The van der Waals surface area contributed by atoms with Crippen molar-refractivity contribution in [3.05, 3.63) is 65.5 Å². The Bertz CT molecular complexity index is 640. The fraction of sp³-hybridized carbons (Fsp3) is 0. The van der Waals surface area contributed by atoms with Gasteiger partial charge in [-0.25, -0.2) is 9.18 Å². The van der Waals surface area contributed by atoms with Crippen molar-refractivity contribution in [3.63, 3.8) is 0 Å². The molecule has 0 aliphatic carbocycles. The minimum absolute atomic E-state index is 0.0904. The first-order valence-electron chi connectivity index (χ1n) is 5.34. The van der Waals surface area contributed by atoms with E-state index in [2.05, 4.69) is 0 Å². The van der Waals surface area contributed by atoms with Crippen LogP contribution in [0.1, 0.15) is 20.7 Å². The summed E-state index contributed by atoms with van der Waals surface area (Å²) >= 11 is 5.32. The second-order valence-corrected chi connectivity index (χ2v) is 4.04. The van der Waals surface area contributed by atoms with Crippen LogP contribution in [0.4, 0.5) is 4.39 Å². The van der Waals surface area contributed by atoms with Crippen LogP contribution in [-0.2, 0) is 0 Å². The third-order valence-corrected chi connectivity index (χ3v) is 2.55. The van der Waals surface area contributed by atoms with Gasteiger partial charge in [0.25, 0.3) is 5.24 Å². The minimum Gasteiger partial charge on any atom is -0.423 e. The largest absolute Gasteiger partial charge is 0.423 e. The van der Waals surface area contributed by atoms with Crippen LogP contribution >= 0.6 is 11.6 Å². The molecule has 3 nitrogen and oxygen atoms in total. The first-order valence-corrected chi connectivity index (χ1v) is 5.72. The van der Waals surface area contributed by atoms with Gasteiger partial charge in [-0.05, 0) is 35.9 Å². The van der Waals surface area contributed by atoms with Gasteiger partial charge in [-0.1, -0.05) is 18.2 Å². The highest BCUT2D eigenvalue weighted by Crippen LogP contribution is 2.15. The number of carbonyl (C=O) groups excluding carboxylic acids is 2. The van der Waals surface area contributed by atoms with Crippen molar-refractivity contribution in [2.45, 2.75) is 0 Å². The van der Waals surface area contributed by atoms with Crippen molar-refractivity contribution in [3.8, 4) is 5.75 Å². The van der Waals surface area contributed by atoms with Crippen molar-refractivity contribution in [2.24, 2.45) is 0 Å². The molecule has 5 heteroatoms. The van der Waals surface area contributed by atoms with Crippen LogP contribution in [0.5, 0.6) is 5.75 Å². The summed E-state index contributed by atoms with van der Waals surface area (Å²) in [7, 11) is 0. The minimum atomic E-state index is -0.689. The maximum Gasteiger partial charge on any atom is 0.343 e. The van der Waals surface area contributed by atoms with Gasteiger partial charge in [0.05, 0.1) is 5.56 Å². The predicted octanol–water partition coefficient (Wildman–Crippen LogP) is 3.42. The zero-order chi connectivity index (χ0) is 13.8. The van der Waals surface area contributed by atoms with Crippen LogP contribution in [0.3, 0.4) is 0 Å². The molecule has 0 unspecified atom stereocenters. The van der Waals surface area contributed by atoms with Gasteiger partial charge in [0.1, 0.15) is 11.6 Å².